The highest BCUT2D eigenvalue weighted by Gasteiger charge is 2.20. The first kappa shape index (κ1) is 16.8. The SMILES string of the molecule is CCOC(=O)/C=C/c1ccc(-c2cc(Cl)c(C)cc2[N+](=O)[O-])o1. The lowest BCUT2D eigenvalue weighted by atomic mass is 10.1. The summed E-state index contributed by atoms with van der Waals surface area (Å²) >= 11 is 6.05. The summed E-state index contributed by atoms with van der Waals surface area (Å²) in [6.45, 7) is 3.67. The molecule has 0 aliphatic rings. The van der Waals surface area contributed by atoms with Crippen molar-refractivity contribution in [3.8, 4) is 11.3 Å². The smallest absolute Gasteiger partial charge is 0.330 e. The third-order valence-electron chi connectivity index (χ3n) is 3.04. The number of benzene rings is 1. The summed E-state index contributed by atoms with van der Waals surface area (Å²) in [6, 6.07) is 6.07. The number of hydrogen-bond acceptors (Lipinski definition) is 5. The second-order valence-corrected chi connectivity index (χ2v) is 5.07. The van der Waals surface area contributed by atoms with Crippen LogP contribution in [0.5, 0.6) is 0 Å². The average Bonchev–Trinajstić information content (AvgIpc) is 2.96. The summed E-state index contributed by atoms with van der Waals surface area (Å²) in [6.07, 6.45) is 2.66. The maximum atomic E-state index is 11.3. The van der Waals surface area contributed by atoms with E-state index in [9.17, 15) is 14.9 Å². The number of rotatable bonds is 5. The second-order valence-electron chi connectivity index (χ2n) is 4.66. The van der Waals surface area contributed by atoms with E-state index in [-0.39, 0.29) is 17.9 Å². The van der Waals surface area contributed by atoms with Gasteiger partial charge in [0.1, 0.15) is 11.5 Å². The topological polar surface area (TPSA) is 82.6 Å². The maximum absolute atomic E-state index is 11.3. The van der Waals surface area contributed by atoms with Crippen LogP contribution in [-0.2, 0) is 9.53 Å². The second kappa shape index (κ2) is 7.11. The standard InChI is InChI=1S/C16H14ClNO5/c1-3-22-16(19)7-5-11-4-6-15(23-11)12-9-13(17)10(2)8-14(12)18(20)21/h4-9H,3H2,1-2H3/b7-5+. The van der Waals surface area contributed by atoms with Crippen molar-refractivity contribution < 1.29 is 18.9 Å². The van der Waals surface area contributed by atoms with E-state index in [1.165, 1.54) is 24.3 Å². The van der Waals surface area contributed by atoms with Crippen LogP contribution in [0.3, 0.4) is 0 Å². The monoisotopic (exact) mass is 335 g/mol. The lowest BCUT2D eigenvalue weighted by molar-refractivity contribution is -0.384. The third-order valence-corrected chi connectivity index (χ3v) is 3.44. The fourth-order valence-electron chi connectivity index (χ4n) is 1.94. The number of furan rings is 1. The number of ether oxygens (including phenoxy) is 1. The Morgan fingerprint density at radius 1 is 1.43 bits per heavy atom. The summed E-state index contributed by atoms with van der Waals surface area (Å²) < 4.78 is 10.3. The van der Waals surface area contributed by atoms with Crippen molar-refractivity contribution in [1.82, 2.24) is 0 Å². The van der Waals surface area contributed by atoms with Gasteiger partial charge in [0.2, 0.25) is 0 Å². The number of aryl methyl sites for hydroxylation is 1. The van der Waals surface area contributed by atoms with E-state index >= 15 is 0 Å². The van der Waals surface area contributed by atoms with Gasteiger partial charge in [-0.3, -0.25) is 10.1 Å². The van der Waals surface area contributed by atoms with E-state index < -0.39 is 10.9 Å². The number of carbonyl (C=O) groups excluding carboxylic acids is 1. The van der Waals surface area contributed by atoms with Crippen LogP contribution in [0.25, 0.3) is 17.4 Å². The van der Waals surface area contributed by atoms with Crippen molar-refractivity contribution in [3.05, 3.63) is 56.8 Å². The van der Waals surface area contributed by atoms with E-state index in [0.29, 0.717) is 22.1 Å². The molecule has 23 heavy (non-hydrogen) atoms. The summed E-state index contributed by atoms with van der Waals surface area (Å²) in [5.74, 6) is 0.177. The molecule has 1 aromatic carbocycles. The molecule has 0 saturated heterocycles. The Morgan fingerprint density at radius 2 is 2.17 bits per heavy atom. The lowest BCUT2D eigenvalue weighted by Crippen LogP contribution is -1.98. The number of hydrogen-bond donors (Lipinski definition) is 0. The third kappa shape index (κ3) is 3.98. The van der Waals surface area contributed by atoms with Crippen LogP contribution >= 0.6 is 11.6 Å². The van der Waals surface area contributed by atoms with Crippen molar-refractivity contribution in [3.63, 3.8) is 0 Å². The molecule has 0 atom stereocenters. The fraction of sp³-hybridized carbons (Fsp3) is 0.188. The van der Waals surface area contributed by atoms with Gasteiger partial charge in [-0.2, -0.15) is 0 Å². The Morgan fingerprint density at radius 3 is 2.83 bits per heavy atom. The maximum Gasteiger partial charge on any atom is 0.330 e. The number of nitro groups is 1. The molecule has 0 spiro atoms. The molecular formula is C16H14ClNO5. The number of esters is 1. The zero-order valence-corrected chi connectivity index (χ0v) is 13.3. The van der Waals surface area contributed by atoms with Gasteiger partial charge in [0.25, 0.3) is 5.69 Å². The molecule has 0 fully saturated rings. The minimum Gasteiger partial charge on any atom is -0.463 e. The molecule has 0 N–H and O–H groups in total. The molecule has 0 aliphatic carbocycles. The number of carbonyl (C=O) groups is 1. The highest BCUT2D eigenvalue weighted by molar-refractivity contribution is 6.31. The number of nitro benzene ring substituents is 1. The molecule has 0 saturated carbocycles. The normalized spacial score (nSPS) is 10.9. The van der Waals surface area contributed by atoms with Crippen LogP contribution in [0.2, 0.25) is 5.02 Å². The summed E-state index contributed by atoms with van der Waals surface area (Å²) in [5.41, 5.74) is 0.791. The Kier molecular flexibility index (Phi) is 5.18. The van der Waals surface area contributed by atoms with Gasteiger partial charge in [-0.05, 0) is 43.7 Å². The highest BCUT2D eigenvalue weighted by Crippen LogP contribution is 2.35. The molecule has 0 unspecified atom stereocenters. The zero-order chi connectivity index (χ0) is 17.0. The molecule has 1 aromatic heterocycles. The first-order chi connectivity index (χ1) is 10.9. The molecule has 6 nitrogen and oxygen atoms in total. The van der Waals surface area contributed by atoms with E-state index in [1.54, 1.807) is 26.0 Å². The first-order valence-corrected chi connectivity index (χ1v) is 7.19. The van der Waals surface area contributed by atoms with E-state index in [1.807, 2.05) is 0 Å². The van der Waals surface area contributed by atoms with Crippen LogP contribution < -0.4 is 0 Å². The van der Waals surface area contributed by atoms with Gasteiger partial charge in [-0.1, -0.05) is 11.6 Å². The fourth-order valence-corrected chi connectivity index (χ4v) is 2.11. The van der Waals surface area contributed by atoms with Gasteiger partial charge < -0.3 is 9.15 Å². The molecule has 0 bridgehead atoms. The van der Waals surface area contributed by atoms with Gasteiger partial charge in [-0.15, -0.1) is 0 Å². The van der Waals surface area contributed by atoms with E-state index in [2.05, 4.69) is 0 Å². The number of halogens is 1. The van der Waals surface area contributed by atoms with Crippen LogP contribution in [0, 0.1) is 17.0 Å². The zero-order valence-electron chi connectivity index (χ0n) is 12.5. The van der Waals surface area contributed by atoms with Gasteiger partial charge in [0, 0.05) is 17.2 Å². The van der Waals surface area contributed by atoms with Crippen LogP contribution in [0.1, 0.15) is 18.2 Å². The molecule has 0 radical (unpaired) electrons. The molecular weight excluding hydrogens is 322 g/mol. The lowest BCUT2D eigenvalue weighted by Gasteiger charge is -2.03. The van der Waals surface area contributed by atoms with Crippen molar-refractivity contribution in [2.75, 3.05) is 6.61 Å². The Labute approximate surface area is 137 Å². The average molecular weight is 336 g/mol. The van der Waals surface area contributed by atoms with Crippen LogP contribution in [0.4, 0.5) is 5.69 Å². The Bertz CT molecular complexity index is 779. The van der Waals surface area contributed by atoms with E-state index in [4.69, 9.17) is 20.8 Å². The largest absolute Gasteiger partial charge is 0.463 e. The highest BCUT2D eigenvalue weighted by atomic mass is 35.5. The molecule has 0 aliphatic heterocycles. The molecule has 2 rings (SSSR count). The molecule has 7 heteroatoms. The molecule has 120 valence electrons. The predicted octanol–water partition coefficient (Wildman–Crippen LogP) is 4.39. The minimum absolute atomic E-state index is 0.0952. The first-order valence-electron chi connectivity index (χ1n) is 6.82. The van der Waals surface area contributed by atoms with Crippen molar-refractivity contribution in [2.45, 2.75) is 13.8 Å². The molecule has 1 heterocycles. The predicted molar refractivity (Wildman–Crippen MR) is 86.2 cm³/mol. The van der Waals surface area contributed by atoms with Crippen molar-refractivity contribution in [2.24, 2.45) is 0 Å². The molecule has 0 amide bonds. The quantitative estimate of drug-likeness (QED) is 0.350. The summed E-state index contributed by atoms with van der Waals surface area (Å²) in [4.78, 5) is 22.0. The summed E-state index contributed by atoms with van der Waals surface area (Å²) in [7, 11) is 0. The van der Waals surface area contributed by atoms with Gasteiger partial charge in [-0.25, -0.2) is 4.79 Å². The van der Waals surface area contributed by atoms with E-state index in [0.717, 1.165) is 0 Å². The van der Waals surface area contributed by atoms with Crippen LogP contribution in [-0.4, -0.2) is 17.5 Å². The van der Waals surface area contributed by atoms with Gasteiger partial charge in [0.05, 0.1) is 17.1 Å². The summed E-state index contributed by atoms with van der Waals surface area (Å²) in [5, 5.41) is 11.6. The molecule has 2 aromatic rings. The Balaban J connectivity index is 2.35. The number of nitrogens with zero attached hydrogens (tertiary/aromatic N) is 1. The minimum atomic E-state index is -0.491. The van der Waals surface area contributed by atoms with Gasteiger partial charge in [0.15, 0.2) is 0 Å². The van der Waals surface area contributed by atoms with Crippen LogP contribution in [0.15, 0.2) is 34.8 Å². The Hall–Kier alpha value is -2.60. The van der Waals surface area contributed by atoms with Gasteiger partial charge >= 0.3 is 5.97 Å². The van der Waals surface area contributed by atoms with Crippen molar-refractivity contribution >= 4 is 29.3 Å². The van der Waals surface area contributed by atoms with Crippen molar-refractivity contribution in [1.29, 1.82) is 0 Å².